The Morgan fingerprint density at radius 1 is 1.03 bits per heavy atom. The molecule has 4 rings (SSSR count). The first-order chi connectivity index (χ1) is 15.2. The maximum atomic E-state index is 14.6. The number of likely N-dealkylation sites (tertiary alicyclic amines) is 1. The molecule has 0 aromatic heterocycles. The number of hydrogen-bond donors (Lipinski definition) is 1. The molecule has 0 saturated carbocycles. The van der Waals surface area contributed by atoms with Gasteiger partial charge in [-0.2, -0.15) is 0 Å². The van der Waals surface area contributed by atoms with Crippen molar-refractivity contribution in [3.63, 3.8) is 0 Å². The van der Waals surface area contributed by atoms with Gasteiger partial charge in [-0.25, -0.2) is 4.39 Å². The molecule has 1 amide bonds. The van der Waals surface area contributed by atoms with Gasteiger partial charge in [0.2, 0.25) is 5.91 Å². The maximum absolute atomic E-state index is 14.6. The smallest absolute Gasteiger partial charge is 0.235 e. The number of carbonyl (C=O) groups excluding carboxylic acids is 1. The van der Waals surface area contributed by atoms with Gasteiger partial charge in [0.05, 0.1) is 5.41 Å². The molecule has 31 heavy (non-hydrogen) atoms. The average molecular weight is 427 g/mol. The minimum atomic E-state index is -0.923. The fourth-order valence-electron chi connectivity index (χ4n) is 4.55. The summed E-state index contributed by atoms with van der Waals surface area (Å²) in [6, 6.07) is 13.9. The molecule has 0 radical (unpaired) electrons. The zero-order valence-electron chi connectivity index (χ0n) is 17.9. The van der Waals surface area contributed by atoms with Gasteiger partial charge in [0, 0.05) is 31.0 Å². The highest BCUT2D eigenvalue weighted by atomic mass is 19.1. The Kier molecular flexibility index (Phi) is 7.20. The van der Waals surface area contributed by atoms with Crippen LogP contribution in [0.2, 0.25) is 0 Å². The molecule has 0 atom stereocenters. The molecule has 2 aliphatic rings. The molecule has 166 valence electrons. The van der Waals surface area contributed by atoms with Crippen molar-refractivity contribution >= 4 is 11.6 Å². The first-order valence-corrected chi connectivity index (χ1v) is 11.3. The highest BCUT2D eigenvalue weighted by Crippen LogP contribution is 2.37. The van der Waals surface area contributed by atoms with Crippen LogP contribution in [0.3, 0.4) is 0 Å². The Balaban J connectivity index is 1.38. The molecule has 0 spiro atoms. The monoisotopic (exact) mass is 426 g/mol. The summed E-state index contributed by atoms with van der Waals surface area (Å²) in [5, 5.41) is 2.99. The average Bonchev–Trinajstić information content (AvgIpc) is 2.81. The quantitative estimate of drug-likeness (QED) is 0.714. The van der Waals surface area contributed by atoms with Gasteiger partial charge in [0.25, 0.3) is 0 Å². The van der Waals surface area contributed by atoms with Crippen molar-refractivity contribution in [2.45, 2.75) is 37.5 Å². The van der Waals surface area contributed by atoms with E-state index in [1.54, 1.807) is 18.2 Å². The van der Waals surface area contributed by atoms with Gasteiger partial charge in [-0.05, 0) is 69.1 Å². The van der Waals surface area contributed by atoms with E-state index in [2.05, 4.69) is 10.2 Å². The second kappa shape index (κ2) is 10.2. The molecule has 2 saturated heterocycles. The number of amides is 1. The van der Waals surface area contributed by atoms with Gasteiger partial charge in [-0.1, -0.05) is 24.6 Å². The van der Waals surface area contributed by atoms with Crippen LogP contribution in [0.15, 0.2) is 48.5 Å². The van der Waals surface area contributed by atoms with Gasteiger partial charge in [-0.3, -0.25) is 9.69 Å². The van der Waals surface area contributed by atoms with E-state index in [9.17, 15) is 9.18 Å². The summed E-state index contributed by atoms with van der Waals surface area (Å²) in [6.45, 7) is 4.77. The fourth-order valence-corrected chi connectivity index (χ4v) is 4.55. The van der Waals surface area contributed by atoms with Crippen molar-refractivity contribution in [2.75, 3.05) is 44.8 Å². The SMILES string of the molecule is O=C(Nc1ccc(OCCN2CCCCC2)cc1)C1(c2ccccc2F)CCOCC1. The summed E-state index contributed by atoms with van der Waals surface area (Å²) in [5.74, 6) is 0.238. The van der Waals surface area contributed by atoms with Crippen LogP contribution in [0.1, 0.15) is 37.7 Å². The normalized spacial score (nSPS) is 19.0. The van der Waals surface area contributed by atoms with Crippen LogP contribution in [0.25, 0.3) is 0 Å². The minimum Gasteiger partial charge on any atom is -0.492 e. The van der Waals surface area contributed by atoms with Crippen LogP contribution < -0.4 is 10.1 Å². The molecular formula is C25H31FN2O3. The number of rotatable bonds is 7. The van der Waals surface area contributed by atoms with E-state index in [4.69, 9.17) is 9.47 Å². The summed E-state index contributed by atoms with van der Waals surface area (Å²) < 4.78 is 25.9. The molecule has 0 bridgehead atoms. The molecule has 0 unspecified atom stereocenters. The lowest BCUT2D eigenvalue weighted by Crippen LogP contribution is -2.45. The Hall–Kier alpha value is -2.44. The lowest BCUT2D eigenvalue weighted by Gasteiger charge is -2.36. The topological polar surface area (TPSA) is 50.8 Å². The standard InChI is InChI=1S/C25H31FN2O3/c26-23-7-3-2-6-22(23)25(12-17-30-18-13-25)24(29)27-20-8-10-21(11-9-20)31-19-16-28-14-4-1-5-15-28/h2-3,6-11H,1,4-5,12-19H2,(H,27,29). The van der Waals surface area contributed by atoms with Crippen molar-refractivity contribution in [1.82, 2.24) is 4.90 Å². The largest absolute Gasteiger partial charge is 0.492 e. The summed E-state index contributed by atoms with van der Waals surface area (Å²) in [5.41, 5.74) is 0.191. The van der Waals surface area contributed by atoms with Gasteiger partial charge >= 0.3 is 0 Å². The molecule has 5 nitrogen and oxygen atoms in total. The maximum Gasteiger partial charge on any atom is 0.235 e. The predicted octanol–water partition coefficient (Wildman–Crippen LogP) is 4.38. The highest BCUT2D eigenvalue weighted by molar-refractivity contribution is 5.99. The van der Waals surface area contributed by atoms with Crippen molar-refractivity contribution < 1.29 is 18.7 Å². The van der Waals surface area contributed by atoms with Crippen LogP contribution in [0.4, 0.5) is 10.1 Å². The third-order valence-corrected chi connectivity index (χ3v) is 6.41. The highest BCUT2D eigenvalue weighted by Gasteiger charge is 2.43. The molecule has 1 N–H and O–H groups in total. The molecule has 2 heterocycles. The van der Waals surface area contributed by atoms with Gasteiger partial charge < -0.3 is 14.8 Å². The number of carbonyl (C=O) groups is 1. The molecular weight excluding hydrogens is 395 g/mol. The molecule has 2 aromatic carbocycles. The van der Waals surface area contributed by atoms with Crippen molar-refractivity contribution in [3.05, 3.63) is 59.9 Å². The van der Waals surface area contributed by atoms with Gasteiger partial charge in [-0.15, -0.1) is 0 Å². The van der Waals surface area contributed by atoms with Gasteiger partial charge in [0.15, 0.2) is 0 Å². The molecule has 2 aliphatic heterocycles. The lowest BCUT2D eigenvalue weighted by molar-refractivity contribution is -0.125. The third kappa shape index (κ3) is 5.25. The first-order valence-electron chi connectivity index (χ1n) is 11.3. The van der Waals surface area contributed by atoms with Crippen LogP contribution in [-0.4, -0.2) is 50.3 Å². The zero-order chi connectivity index (χ0) is 21.5. The molecule has 2 fully saturated rings. The Bertz CT molecular complexity index is 859. The Labute approximate surface area is 183 Å². The number of benzene rings is 2. The first kappa shape index (κ1) is 21.8. The Morgan fingerprint density at radius 2 is 1.74 bits per heavy atom. The van der Waals surface area contributed by atoms with Crippen LogP contribution in [0.5, 0.6) is 5.75 Å². The molecule has 0 aliphatic carbocycles. The van der Waals surface area contributed by atoms with E-state index >= 15 is 0 Å². The summed E-state index contributed by atoms with van der Waals surface area (Å²) in [4.78, 5) is 15.7. The lowest BCUT2D eigenvalue weighted by atomic mass is 9.73. The Morgan fingerprint density at radius 3 is 2.45 bits per heavy atom. The van der Waals surface area contributed by atoms with E-state index in [0.29, 0.717) is 43.9 Å². The number of piperidine rings is 1. The van der Waals surface area contributed by atoms with E-state index in [1.165, 1.54) is 25.3 Å². The molecule has 6 heteroatoms. The van der Waals surface area contributed by atoms with Crippen LogP contribution in [0, 0.1) is 5.82 Å². The van der Waals surface area contributed by atoms with Crippen molar-refractivity contribution in [2.24, 2.45) is 0 Å². The van der Waals surface area contributed by atoms with E-state index in [1.807, 2.05) is 24.3 Å². The summed E-state index contributed by atoms with van der Waals surface area (Å²) in [6.07, 6.45) is 4.79. The zero-order valence-corrected chi connectivity index (χ0v) is 17.9. The number of anilines is 1. The van der Waals surface area contributed by atoms with Gasteiger partial charge in [0.1, 0.15) is 18.2 Å². The van der Waals surface area contributed by atoms with Crippen molar-refractivity contribution in [1.29, 1.82) is 0 Å². The predicted molar refractivity (Wildman–Crippen MR) is 119 cm³/mol. The van der Waals surface area contributed by atoms with E-state index in [0.717, 1.165) is 25.4 Å². The number of ether oxygens (including phenoxy) is 2. The summed E-state index contributed by atoms with van der Waals surface area (Å²) in [7, 11) is 0. The second-order valence-electron chi connectivity index (χ2n) is 8.40. The number of nitrogens with zero attached hydrogens (tertiary/aromatic N) is 1. The summed E-state index contributed by atoms with van der Waals surface area (Å²) >= 11 is 0. The van der Waals surface area contributed by atoms with E-state index < -0.39 is 5.41 Å². The minimum absolute atomic E-state index is 0.195. The number of hydrogen-bond acceptors (Lipinski definition) is 4. The van der Waals surface area contributed by atoms with E-state index in [-0.39, 0.29) is 11.7 Å². The fraction of sp³-hybridized carbons (Fsp3) is 0.480. The molecule has 2 aromatic rings. The van der Waals surface area contributed by atoms with Crippen LogP contribution in [-0.2, 0) is 14.9 Å². The van der Waals surface area contributed by atoms with Crippen LogP contribution >= 0.6 is 0 Å². The number of nitrogens with one attached hydrogen (secondary N) is 1. The van der Waals surface area contributed by atoms with Crippen molar-refractivity contribution in [3.8, 4) is 5.75 Å². The second-order valence-corrected chi connectivity index (χ2v) is 8.40. The number of halogens is 1. The third-order valence-electron chi connectivity index (χ3n) is 6.41.